The molecule has 0 aromatic carbocycles. The van der Waals surface area contributed by atoms with E-state index in [1.54, 1.807) is 0 Å². The third-order valence-corrected chi connectivity index (χ3v) is 1.45. The molecule has 0 unspecified atom stereocenters. The maximum Gasteiger partial charge on any atom is -0.0347 e. The number of hydrogen-bond donors (Lipinski definition) is 0. The van der Waals surface area contributed by atoms with E-state index in [-0.39, 0.29) is 0 Å². The molecule has 0 heterocycles. The van der Waals surface area contributed by atoms with Gasteiger partial charge in [-0.05, 0) is 19.8 Å². The lowest BCUT2D eigenvalue weighted by atomic mass is 10.3. The number of unbranched alkanes of at least 4 members (excludes halogenated alkanes) is 1. The van der Waals surface area contributed by atoms with Crippen LogP contribution in [0.5, 0.6) is 0 Å². The molecule has 0 heteroatoms. The van der Waals surface area contributed by atoms with Gasteiger partial charge in [-0.25, -0.2) is 0 Å². The van der Waals surface area contributed by atoms with Crippen LogP contribution in [0.2, 0.25) is 0 Å². The summed E-state index contributed by atoms with van der Waals surface area (Å²) in [4.78, 5) is 0. The van der Waals surface area contributed by atoms with Crippen molar-refractivity contribution < 1.29 is 0 Å². The molecule has 0 saturated carbocycles. The summed E-state index contributed by atoms with van der Waals surface area (Å²) in [5.41, 5.74) is 0. The molecule has 0 atom stereocenters. The molecule has 0 nitrogen and oxygen atoms in total. The molecule has 13 heavy (non-hydrogen) atoms. The molecule has 0 aliphatic heterocycles. The van der Waals surface area contributed by atoms with Gasteiger partial charge in [-0.1, -0.05) is 62.0 Å². The summed E-state index contributed by atoms with van der Waals surface area (Å²) in [5, 5.41) is 0. The van der Waals surface area contributed by atoms with Crippen molar-refractivity contribution in [2.45, 2.75) is 26.2 Å². The SMILES string of the molecule is [CH2]CC=CC=CC=CC=CCCC. The summed E-state index contributed by atoms with van der Waals surface area (Å²) >= 11 is 0. The van der Waals surface area contributed by atoms with Crippen molar-refractivity contribution in [2.24, 2.45) is 0 Å². The third-order valence-electron chi connectivity index (χ3n) is 1.45. The molecule has 0 spiro atoms. The van der Waals surface area contributed by atoms with Gasteiger partial charge >= 0.3 is 0 Å². The number of rotatable bonds is 6. The predicted octanol–water partition coefficient (Wildman–Crippen LogP) is 4.24. The second kappa shape index (κ2) is 11.0. The van der Waals surface area contributed by atoms with E-state index in [2.05, 4.69) is 26.0 Å². The van der Waals surface area contributed by atoms with Crippen molar-refractivity contribution in [3.05, 3.63) is 55.5 Å². The van der Waals surface area contributed by atoms with Crippen LogP contribution in [0.4, 0.5) is 0 Å². The topological polar surface area (TPSA) is 0 Å². The van der Waals surface area contributed by atoms with E-state index in [1.807, 2.05) is 36.5 Å². The average molecular weight is 175 g/mol. The summed E-state index contributed by atoms with van der Waals surface area (Å²) in [6, 6.07) is 0. The monoisotopic (exact) mass is 175 g/mol. The van der Waals surface area contributed by atoms with Crippen LogP contribution >= 0.6 is 0 Å². The predicted molar refractivity (Wildman–Crippen MR) is 61.4 cm³/mol. The van der Waals surface area contributed by atoms with E-state index in [0.29, 0.717) is 0 Å². The molecule has 0 fully saturated rings. The molecule has 1 radical (unpaired) electrons. The largest absolute Gasteiger partial charge is 0.0845 e. The van der Waals surface area contributed by atoms with Crippen LogP contribution in [-0.2, 0) is 0 Å². The molecule has 0 aromatic heterocycles. The first-order valence-corrected chi connectivity index (χ1v) is 4.86. The van der Waals surface area contributed by atoms with Crippen molar-refractivity contribution >= 4 is 0 Å². The molecular weight excluding hydrogens is 156 g/mol. The molecule has 0 rings (SSSR count). The fraction of sp³-hybridized carbons (Fsp3) is 0.308. The second-order valence-corrected chi connectivity index (χ2v) is 2.70. The maximum atomic E-state index is 3.70. The van der Waals surface area contributed by atoms with Crippen LogP contribution in [0.1, 0.15) is 26.2 Å². The van der Waals surface area contributed by atoms with Gasteiger partial charge in [-0.3, -0.25) is 0 Å². The van der Waals surface area contributed by atoms with E-state index in [9.17, 15) is 0 Å². The molecule has 0 aromatic rings. The van der Waals surface area contributed by atoms with Gasteiger partial charge in [-0.15, -0.1) is 0 Å². The highest BCUT2D eigenvalue weighted by Gasteiger charge is 1.68. The minimum atomic E-state index is 0.852. The Labute approximate surface area is 82.4 Å². The smallest absolute Gasteiger partial charge is 0.0347 e. The lowest BCUT2D eigenvalue weighted by Gasteiger charge is -1.79. The van der Waals surface area contributed by atoms with Crippen molar-refractivity contribution in [3.63, 3.8) is 0 Å². The van der Waals surface area contributed by atoms with Crippen LogP contribution < -0.4 is 0 Å². The standard InChI is InChI=1S/C13H19/c1-3-5-7-9-11-13-12-10-8-6-4-2/h5,7-13H,1,3-4,6H2,2H3. The molecule has 0 amide bonds. The van der Waals surface area contributed by atoms with Crippen molar-refractivity contribution in [1.82, 2.24) is 0 Å². The Kier molecular flexibility index (Phi) is 10.1. The van der Waals surface area contributed by atoms with Gasteiger partial charge in [0, 0.05) is 0 Å². The highest BCUT2D eigenvalue weighted by molar-refractivity contribution is 5.15. The first kappa shape index (κ1) is 12.0. The molecule has 0 saturated heterocycles. The van der Waals surface area contributed by atoms with E-state index in [4.69, 9.17) is 0 Å². The lowest BCUT2D eigenvalue weighted by Crippen LogP contribution is -1.58. The van der Waals surface area contributed by atoms with Crippen molar-refractivity contribution in [2.75, 3.05) is 0 Å². The summed E-state index contributed by atoms with van der Waals surface area (Å²) in [6.07, 6.45) is 19.6. The Morgan fingerprint density at radius 1 is 0.846 bits per heavy atom. The summed E-state index contributed by atoms with van der Waals surface area (Å²) in [6.45, 7) is 5.88. The van der Waals surface area contributed by atoms with E-state index in [0.717, 1.165) is 12.8 Å². The molecule has 0 aliphatic rings. The molecule has 0 N–H and O–H groups in total. The van der Waals surface area contributed by atoms with Gasteiger partial charge in [0.05, 0.1) is 0 Å². The highest BCUT2D eigenvalue weighted by atomic mass is 13.8. The quantitative estimate of drug-likeness (QED) is 0.530. The fourth-order valence-electron chi connectivity index (χ4n) is 0.773. The van der Waals surface area contributed by atoms with Crippen LogP contribution in [-0.4, -0.2) is 0 Å². The molecule has 0 bridgehead atoms. The second-order valence-electron chi connectivity index (χ2n) is 2.70. The summed E-state index contributed by atoms with van der Waals surface area (Å²) < 4.78 is 0. The summed E-state index contributed by atoms with van der Waals surface area (Å²) in [7, 11) is 0. The molecule has 71 valence electrons. The van der Waals surface area contributed by atoms with Crippen LogP contribution in [0.25, 0.3) is 0 Å². The van der Waals surface area contributed by atoms with Gasteiger partial charge < -0.3 is 0 Å². The van der Waals surface area contributed by atoms with E-state index in [1.165, 1.54) is 6.42 Å². The van der Waals surface area contributed by atoms with Gasteiger partial charge in [0.1, 0.15) is 0 Å². The zero-order valence-corrected chi connectivity index (χ0v) is 8.45. The fourth-order valence-corrected chi connectivity index (χ4v) is 0.773. The van der Waals surface area contributed by atoms with Gasteiger partial charge in [-0.2, -0.15) is 0 Å². The average Bonchev–Trinajstić information content (AvgIpc) is 2.16. The van der Waals surface area contributed by atoms with Gasteiger partial charge in [0.15, 0.2) is 0 Å². The van der Waals surface area contributed by atoms with Crippen LogP contribution in [0.3, 0.4) is 0 Å². The Bertz CT molecular complexity index is 192. The van der Waals surface area contributed by atoms with E-state index >= 15 is 0 Å². The Hall–Kier alpha value is -1.04. The maximum absolute atomic E-state index is 3.70. The third kappa shape index (κ3) is 11.0. The summed E-state index contributed by atoms with van der Waals surface area (Å²) in [5.74, 6) is 0. The Balaban J connectivity index is 3.50. The van der Waals surface area contributed by atoms with Gasteiger partial charge in [0.25, 0.3) is 0 Å². The Morgan fingerprint density at radius 3 is 1.92 bits per heavy atom. The van der Waals surface area contributed by atoms with Crippen molar-refractivity contribution in [3.8, 4) is 0 Å². The van der Waals surface area contributed by atoms with Gasteiger partial charge in [0.2, 0.25) is 0 Å². The minimum Gasteiger partial charge on any atom is -0.0845 e. The lowest BCUT2D eigenvalue weighted by molar-refractivity contribution is 0.959. The Morgan fingerprint density at radius 2 is 1.38 bits per heavy atom. The van der Waals surface area contributed by atoms with E-state index < -0.39 is 0 Å². The normalized spacial score (nSPS) is 13.1. The zero-order valence-electron chi connectivity index (χ0n) is 8.45. The first-order chi connectivity index (χ1) is 6.41. The number of allylic oxidation sites excluding steroid dienone is 8. The van der Waals surface area contributed by atoms with Crippen LogP contribution in [0, 0.1) is 6.92 Å². The zero-order chi connectivity index (χ0) is 9.78. The molecular formula is C13H19. The minimum absolute atomic E-state index is 0.852. The number of hydrogen-bond acceptors (Lipinski definition) is 0. The molecule has 0 aliphatic carbocycles. The van der Waals surface area contributed by atoms with Crippen molar-refractivity contribution in [1.29, 1.82) is 0 Å². The first-order valence-electron chi connectivity index (χ1n) is 4.86. The highest BCUT2D eigenvalue weighted by Crippen LogP contribution is 1.89. The van der Waals surface area contributed by atoms with Crippen LogP contribution in [0.15, 0.2) is 48.6 Å².